The van der Waals surface area contributed by atoms with Gasteiger partial charge >= 0.3 is 6.18 Å². The summed E-state index contributed by atoms with van der Waals surface area (Å²) < 4.78 is 57.0. The number of hydrogen-bond donors (Lipinski definition) is 1. The molecule has 0 aliphatic rings. The minimum Gasteiger partial charge on any atom is -0.484 e. The number of carbonyl (C=O) groups excluding carboxylic acids is 1. The van der Waals surface area contributed by atoms with Crippen molar-refractivity contribution >= 4 is 34.2 Å². The molecule has 0 radical (unpaired) electrons. The van der Waals surface area contributed by atoms with E-state index >= 15 is 0 Å². The summed E-state index contributed by atoms with van der Waals surface area (Å²) in [4.78, 5) is 25.2. The van der Waals surface area contributed by atoms with E-state index in [2.05, 4.69) is 5.32 Å². The van der Waals surface area contributed by atoms with Crippen LogP contribution in [-0.2, 0) is 11.0 Å². The number of ether oxygens (including phenoxy) is 2. The fourth-order valence-corrected chi connectivity index (χ4v) is 3.54. The van der Waals surface area contributed by atoms with E-state index in [0.717, 1.165) is 17.2 Å². The fraction of sp³-hybridized carbons (Fsp3) is 0.154. The first-order chi connectivity index (χ1) is 17.0. The average Bonchev–Trinajstić information content (AvgIpc) is 2.82. The fourth-order valence-electron chi connectivity index (χ4n) is 3.37. The van der Waals surface area contributed by atoms with Crippen LogP contribution in [0.25, 0.3) is 11.0 Å². The van der Waals surface area contributed by atoms with Crippen molar-refractivity contribution in [1.82, 2.24) is 0 Å². The summed E-state index contributed by atoms with van der Waals surface area (Å²) in [6, 6.07) is 15.1. The largest absolute Gasteiger partial charge is 0.484 e. The van der Waals surface area contributed by atoms with Gasteiger partial charge in [0, 0.05) is 11.8 Å². The molecule has 0 atom stereocenters. The number of amides is 1. The number of para-hydroxylation sites is 1. The SMILES string of the molecule is Cc1ccc(C)c(NC(=O)COc2ccc3c(=O)c(Oc4ccccc4Cl)c(C(F)(F)F)oc3c2)c1. The highest BCUT2D eigenvalue weighted by Crippen LogP contribution is 2.39. The van der Waals surface area contributed by atoms with E-state index in [1.165, 1.54) is 30.3 Å². The number of halogens is 4. The summed E-state index contributed by atoms with van der Waals surface area (Å²) in [5.41, 5.74) is 1.01. The molecule has 3 aromatic carbocycles. The van der Waals surface area contributed by atoms with Crippen LogP contribution in [0.4, 0.5) is 18.9 Å². The normalized spacial score (nSPS) is 11.4. The number of rotatable bonds is 6. The van der Waals surface area contributed by atoms with Crippen molar-refractivity contribution in [2.24, 2.45) is 0 Å². The summed E-state index contributed by atoms with van der Waals surface area (Å²) in [7, 11) is 0. The second-order valence-corrected chi connectivity index (χ2v) is 8.34. The minimum atomic E-state index is -5.04. The summed E-state index contributed by atoms with van der Waals surface area (Å²) in [5, 5.41) is 2.57. The quantitative estimate of drug-likeness (QED) is 0.301. The number of benzene rings is 3. The Morgan fingerprint density at radius 3 is 2.53 bits per heavy atom. The van der Waals surface area contributed by atoms with Crippen molar-refractivity contribution in [3.63, 3.8) is 0 Å². The molecule has 0 unspecified atom stereocenters. The van der Waals surface area contributed by atoms with Crippen molar-refractivity contribution < 1.29 is 31.9 Å². The average molecular weight is 518 g/mol. The summed E-state index contributed by atoms with van der Waals surface area (Å²) >= 11 is 5.97. The molecule has 0 saturated heterocycles. The van der Waals surface area contributed by atoms with E-state index in [-0.39, 0.29) is 27.5 Å². The summed E-state index contributed by atoms with van der Waals surface area (Å²) in [6.45, 7) is 3.31. The molecule has 1 N–H and O–H groups in total. The zero-order valence-electron chi connectivity index (χ0n) is 19.0. The van der Waals surface area contributed by atoms with Crippen LogP contribution >= 0.6 is 11.6 Å². The van der Waals surface area contributed by atoms with Crippen molar-refractivity contribution in [2.45, 2.75) is 20.0 Å². The monoisotopic (exact) mass is 517 g/mol. The number of aryl methyl sites for hydroxylation is 2. The maximum atomic E-state index is 13.8. The number of alkyl halides is 3. The number of hydrogen-bond acceptors (Lipinski definition) is 5. The molecule has 4 aromatic rings. The molecule has 0 aliphatic carbocycles. The Hall–Kier alpha value is -3.98. The smallest absolute Gasteiger partial charge is 0.453 e. The third-order valence-corrected chi connectivity index (χ3v) is 5.48. The predicted molar refractivity (Wildman–Crippen MR) is 129 cm³/mol. The maximum Gasteiger partial charge on any atom is 0.453 e. The Labute approximate surface area is 208 Å². The lowest BCUT2D eigenvalue weighted by Crippen LogP contribution is -2.20. The van der Waals surface area contributed by atoms with Gasteiger partial charge in [-0.3, -0.25) is 9.59 Å². The Morgan fingerprint density at radius 1 is 1.06 bits per heavy atom. The van der Waals surface area contributed by atoms with Gasteiger partial charge in [0.1, 0.15) is 17.1 Å². The first-order valence-corrected chi connectivity index (χ1v) is 11.0. The first-order valence-electron chi connectivity index (χ1n) is 10.6. The summed E-state index contributed by atoms with van der Waals surface area (Å²) in [6.07, 6.45) is -5.04. The van der Waals surface area contributed by atoms with Gasteiger partial charge in [0.05, 0.1) is 10.4 Å². The van der Waals surface area contributed by atoms with Gasteiger partial charge in [-0.25, -0.2) is 0 Å². The lowest BCUT2D eigenvalue weighted by molar-refractivity contribution is -0.154. The van der Waals surface area contributed by atoms with Gasteiger partial charge in [-0.2, -0.15) is 13.2 Å². The van der Waals surface area contributed by atoms with E-state index in [0.29, 0.717) is 5.69 Å². The lowest BCUT2D eigenvalue weighted by atomic mass is 10.1. The molecule has 0 aliphatic heterocycles. The van der Waals surface area contributed by atoms with Gasteiger partial charge in [-0.05, 0) is 55.3 Å². The molecule has 1 aromatic heterocycles. The highest BCUT2D eigenvalue weighted by Gasteiger charge is 2.40. The molecule has 1 heterocycles. The molecular weight excluding hydrogens is 499 g/mol. The zero-order chi connectivity index (χ0) is 26.0. The second-order valence-electron chi connectivity index (χ2n) is 7.93. The highest BCUT2D eigenvalue weighted by molar-refractivity contribution is 6.32. The van der Waals surface area contributed by atoms with Crippen molar-refractivity contribution in [3.05, 3.63) is 92.8 Å². The van der Waals surface area contributed by atoms with Crippen LogP contribution in [0, 0.1) is 13.8 Å². The van der Waals surface area contributed by atoms with Gasteiger partial charge < -0.3 is 19.2 Å². The Balaban J connectivity index is 1.61. The number of carbonyl (C=O) groups is 1. The second kappa shape index (κ2) is 9.94. The Morgan fingerprint density at radius 2 is 1.81 bits per heavy atom. The Bertz CT molecular complexity index is 1510. The Kier molecular flexibility index (Phi) is 6.94. The highest BCUT2D eigenvalue weighted by atomic mass is 35.5. The van der Waals surface area contributed by atoms with Crippen molar-refractivity contribution in [1.29, 1.82) is 0 Å². The molecule has 36 heavy (non-hydrogen) atoms. The molecule has 0 saturated carbocycles. The molecule has 1 amide bonds. The third kappa shape index (κ3) is 5.46. The van der Waals surface area contributed by atoms with Crippen LogP contribution in [0.5, 0.6) is 17.2 Å². The molecule has 0 bridgehead atoms. The van der Waals surface area contributed by atoms with Crippen molar-refractivity contribution in [2.75, 3.05) is 11.9 Å². The first kappa shape index (κ1) is 25.1. The van der Waals surface area contributed by atoms with Gasteiger partial charge in [-0.1, -0.05) is 35.9 Å². The van der Waals surface area contributed by atoms with Crippen LogP contribution in [0.3, 0.4) is 0 Å². The molecule has 4 rings (SSSR count). The summed E-state index contributed by atoms with van der Waals surface area (Å²) in [5.74, 6) is -3.22. The standard InChI is InChI=1S/C26H19ClF3NO5/c1-14-7-8-15(2)19(11-14)31-22(32)13-34-16-9-10-17-21(12-16)36-25(26(28,29)30)24(23(17)33)35-20-6-4-3-5-18(20)27/h3-12H,13H2,1-2H3,(H,31,32). The van der Waals surface area contributed by atoms with E-state index in [9.17, 15) is 22.8 Å². The van der Waals surface area contributed by atoms with Crippen LogP contribution in [0.15, 0.2) is 69.9 Å². The predicted octanol–water partition coefficient (Wildman–Crippen LogP) is 6.89. The van der Waals surface area contributed by atoms with Gasteiger partial charge in [0.25, 0.3) is 11.7 Å². The minimum absolute atomic E-state index is 0.0213. The third-order valence-electron chi connectivity index (χ3n) is 5.17. The van der Waals surface area contributed by atoms with Crippen LogP contribution in [0.1, 0.15) is 16.9 Å². The van der Waals surface area contributed by atoms with Crippen LogP contribution in [0.2, 0.25) is 5.02 Å². The van der Waals surface area contributed by atoms with E-state index in [1.807, 2.05) is 26.0 Å². The number of anilines is 1. The number of fused-ring (bicyclic) bond motifs is 1. The van der Waals surface area contributed by atoms with Gasteiger partial charge in [0.2, 0.25) is 11.2 Å². The van der Waals surface area contributed by atoms with Gasteiger partial charge in [0.15, 0.2) is 6.61 Å². The van der Waals surface area contributed by atoms with E-state index < -0.39 is 35.6 Å². The molecule has 10 heteroatoms. The lowest BCUT2D eigenvalue weighted by Gasteiger charge is -2.14. The molecule has 186 valence electrons. The van der Waals surface area contributed by atoms with Gasteiger partial charge in [-0.15, -0.1) is 0 Å². The topological polar surface area (TPSA) is 77.8 Å². The molecular formula is C26H19ClF3NO5. The zero-order valence-corrected chi connectivity index (χ0v) is 19.8. The maximum absolute atomic E-state index is 13.8. The van der Waals surface area contributed by atoms with Crippen molar-refractivity contribution in [3.8, 4) is 17.2 Å². The molecule has 6 nitrogen and oxygen atoms in total. The van der Waals surface area contributed by atoms with E-state index in [1.54, 1.807) is 12.1 Å². The molecule has 0 fully saturated rings. The molecule has 0 spiro atoms. The van der Waals surface area contributed by atoms with Crippen LogP contribution < -0.4 is 20.2 Å². The van der Waals surface area contributed by atoms with E-state index in [4.69, 9.17) is 25.5 Å². The number of nitrogens with one attached hydrogen (secondary N) is 1. The van der Waals surface area contributed by atoms with Crippen LogP contribution in [-0.4, -0.2) is 12.5 Å².